The Morgan fingerprint density at radius 2 is 2.17 bits per heavy atom. The lowest BCUT2D eigenvalue weighted by Crippen LogP contribution is -2.22. The lowest BCUT2D eigenvalue weighted by molar-refractivity contribution is 0.582. The summed E-state index contributed by atoms with van der Waals surface area (Å²) in [5.41, 5.74) is 1.67. The van der Waals surface area contributed by atoms with Gasteiger partial charge in [0.15, 0.2) is 0 Å². The smallest absolute Gasteiger partial charge is 0.146 e. The van der Waals surface area contributed by atoms with Crippen molar-refractivity contribution in [3.05, 3.63) is 29.6 Å². The van der Waals surface area contributed by atoms with Crippen molar-refractivity contribution in [2.45, 2.75) is 19.9 Å². The summed E-state index contributed by atoms with van der Waals surface area (Å²) in [6.07, 6.45) is 2.06. The number of benzene rings is 1. The second-order valence-electron chi connectivity index (χ2n) is 4.40. The average Bonchev–Trinajstić information content (AvgIpc) is 2.36. The number of rotatable bonds is 7. The van der Waals surface area contributed by atoms with Crippen LogP contribution in [0.15, 0.2) is 18.2 Å². The first-order valence-electron chi connectivity index (χ1n) is 6.33. The summed E-state index contributed by atoms with van der Waals surface area (Å²) in [7, 11) is 1.93. The Balaban J connectivity index is 2.78. The fourth-order valence-electron chi connectivity index (χ4n) is 1.87. The van der Waals surface area contributed by atoms with Crippen molar-refractivity contribution in [1.29, 1.82) is 0 Å². The molecule has 0 amide bonds. The monoisotopic (exact) mass is 270 g/mol. The van der Waals surface area contributed by atoms with Crippen molar-refractivity contribution < 1.29 is 4.39 Å². The SMILES string of the molecule is CCNC(C)c1ccc(N(C)CCSC)c(F)c1. The van der Waals surface area contributed by atoms with Crippen molar-refractivity contribution in [2.75, 3.05) is 37.0 Å². The molecule has 4 heteroatoms. The second-order valence-corrected chi connectivity index (χ2v) is 5.39. The molecule has 102 valence electrons. The van der Waals surface area contributed by atoms with E-state index in [1.54, 1.807) is 17.8 Å². The van der Waals surface area contributed by atoms with E-state index < -0.39 is 0 Å². The van der Waals surface area contributed by atoms with Crippen LogP contribution in [0.5, 0.6) is 0 Å². The van der Waals surface area contributed by atoms with Crippen molar-refractivity contribution in [3.63, 3.8) is 0 Å². The summed E-state index contributed by atoms with van der Waals surface area (Å²) in [6.45, 7) is 5.85. The number of thioether (sulfide) groups is 1. The summed E-state index contributed by atoms with van der Waals surface area (Å²) < 4.78 is 14.1. The van der Waals surface area contributed by atoms with Crippen molar-refractivity contribution >= 4 is 17.4 Å². The molecule has 0 fully saturated rings. The first kappa shape index (κ1) is 15.3. The van der Waals surface area contributed by atoms with Crippen LogP contribution in [0.25, 0.3) is 0 Å². The highest BCUT2D eigenvalue weighted by Gasteiger charge is 2.11. The first-order chi connectivity index (χ1) is 8.60. The molecule has 0 aliphatic carbocycles. The molecular weight excluding hydrogens is 247 g/mol. The average molecular weight is 270 g/mol. The minimum atomic E-state index is -0.138. The van der Waals surface area contributed by atoms with Gasteiger partial charge in [0, 0.05) is 25.4 Å². The predicted molar refractivity (Wildman–Crippen MR) is 80.1 cm³/mol. The summed E-state index contributed by atoms with van der Waals surface area (Å²) in [5, 5.41) is 3.29. The molecule has 0 aromatic heterocycles. The van der Waals surface area contributed by atoms with Gasteiger partial charge >= 0.3 is 0 Å². The zero-order chi connectivity index (χ0) is 13.5. The standard InChI is InChI=1S/C14H23FN2S/c1-5-16-11(2)12-6-7-14(13(15)10-12)17(3)8-9-18-4/h6-7,10-11,16H,5,8-9H2,1-4H3. The fraction of sp³-hybridized carbons (Fsp3) is 0.571. The van der Waals surface area contributed by atoms with Gasteiger partial charge in [-0.3, -0.25) is 0 Å². The maximum atomic E-state index is 14.1. The van der Waals surface area contributed by atoms with E-state index in [-0.39, 0.29) is 11.9 Å². The molecule has 0 saturated heterocycles. The molecule has 1 unspecified atom stereocenters. The van der Waals surface area contributed by atoms with E-state index in [2.05, 4.69) is 25.4 Å². The Hall–Kier alpha value is -0.740. The third kappa shape index (κ3) is 4.18. The van der Waals surface area contributed by atoms with Gasteiger partial charge in [0.05, 0.1) is 5.69 Å². The molecule has 0 spiro atoms. The molecule has 0 radical (unpaired) electrons. The molecule has 1 rings (SSSR count). The van der Waals surface area contributed by atoms with E-state index in [0.717, 1.165) is 24.4 Å². The number of nitrogens with one attached hydrogen (secondary N) is 1. The van der Waals surface area contributed by atoms with Crippen LogP contribution in [0.2, 0.25) is 0 Å². The van der Waals surface area contributed by atoms with Gasteiger partial charge in [0.25, 0.3) is 0 Å². The van der Waals surface area contributed by atoms with Crippen molar-refractivity contribution in [2.24, 2.45) is 0 Å². The molecule has 0 heterocycles. The molecule has 0 aliphatic heterocycles. The van der Waals surface area contributed by atoms with Crippen LogP contribution in [0.1, 0.15) is 25.5 Å². The number of anilines is 1. The van der Waals surface area contributed by atoms with E-state index in [1.807, 2.05) is 24.1 Å². The molecule has 1 atom stereocenters. The van der Waals surface area contributed by atoms with Crippen LogP contribution in [-0.2, 0) is 0 Å². The highest BCUT2D eigenvalue weighted by atomic mass is 32.2. The Labute approximate surface area is 114 Å². The lowest BCUT2D eigenvalue weighted by Gasteiger charge is -2.21. The largest absolute Gasteiger partial charge is 0.371 e. The minimum absolute atomic E-state index is 0.138. The number of nitrogens with zero attached hydrogens (tertiary/aromatic N) is 1. The Morgan fingerprint density at radius 1 is 1.44 bits per heavy atom. The summed E-state index contributed by atoms with van der Waals surface area (Å²) >= 11 is 1.77. The number of hydrogen-bond acceptors (Lipinski definition) is 3. The van der Waals surface area contributed by atoms with Crippen molar-refractivity contribution in [3.8, 4) is 0 Å². The maximum absolute atomic E-state index is 14.1. The lowest BCUT2D eigenvalue weighted by atomic mass is 10.1. The zero-order valence-corrected chi connectivity index (χ0v) is 12.5. The zero-order valence-electron chi connectivity index (χ0n) is 11.7. The van der Waals surface area contributed by atoms with E-state index in [9.17, 15) is 4.39 Å². The molecule has 1 aromatic rings. The molecule has 1 N–H and O–H groups in total. The minimum Gasteiger partial charge on any atom is -0.371 e. The van der Waals surface area contributed by atoms with Crippen LogP contribution in [0.3, 0.4) is 0 Å². The van der Waals surface area contributed by atoms with Crippen LogP contribution < -0.4 is 10.2 Å². The molecule has 2 nitrogen and oxygen atoms in total. The summed E-state index contributed by atoms with van der Waals surface area (Å²) in [5.74, 6) is 0.867. The summed E-state index contributed by atoms with van der Waals surface area (Å²) in [4.78, 5) is 1.97. The maximum Gasteiger partial charge on any atom is 0.146 e. The van der Waals surface area contributed by atoms with Crippen LogP contribution in [0, 0.1) is 5.82 Å². The van der Waals surface area contributed by atoms with Crippen LogP contribution in [0.4, 0.5) is 10.1 Å². The topological polar surface area (TPSA) is 15.3 Å². The second kappa shape index (κ2) is 7.64. The third-order valence-corrected chi connectivity index (χ3v) is 3.61. The van der Waals surface area contributed by atoms with Gasteiger partial charge in [0.1, 0.15) is 5.82 Å². The van der Waals surface area contributed by atoms with Gasteiger partial charge in [-0.1, -0.05) is 13.0 Å². The quantitative estimate of drug-likeness (QED) is 0.818. The highest BCUT2D eigenvalue weighted by Crippen LogP contribution is 2.22. The van der Waals surface area contributed by atoms with Gasteiger partial charge in [-0.15, -0.1) is 0 Å². The van der Waals surface area contributed by atoms with Gasteiger partial charge < -0.3 is 10.2 Å². The molecule has 18 heavy (non-hydrogen) atoms. The first-order valence-corrected chi connectivity index (χ1v) is 7.72. The number of hydrogen-bond donors (Lipinski definition) is 1. The Bertz CT molecular complexity index is 371. The van der Waals surface area contributed by atoms with Gasteiger partial charge in [-0.05, 0) is 37.4 Å². The third-order valence-electron chi connectivity index (χ3n) is 3.02. The van der Waals surface area contributed by atoms with E-state index in [4.69, 9.17) is 0 Å². The fourth-order valence-corrected chi connectivity index (χ4v) is 2.33. The van der Waals surface area contributed by atoms with E-state index >= 15 is 0 Å². The van der Waals surface area contributed by atoms with Gasteiger partial charge in [0.2, 0.25) is 0 Å². The highest BCUT2D eigenvalue weighted by molar-refractivity contribution is 7.98. The van der Waals surface area contributed by atoms with Gasteiger partial charge in [-0.2, -0.15) is 11.8 Å². The van der Waals surface area contributed by atoms with Gasteiger partial charge in [-0.25, -0.2) is 4.39 Å². The molecule has 1 aromatic carbocycles. The molecule has 0 saturated carbocycles. The van der Waals surface area contributed by atoms with Crippen molar-refractivity contribution in [1.82, 2.24) is 5.32 Å². The summed E-state index contributed by atoms with van der Waals surface area (Å²) in [6, 6.07) is 5.70. The molecule has 0 bridgehead atoms. The van der Waals surface area contributed by atoms with Crippen LogP contribution >= 0.6 is 11.8 Å². The predicted octanol–water partition coefficient (Wildman–Crippen LogP) is 3.30. The Morgan fingerprint density at radius 3 is 2.72 bits per heavy atom. The number of halogens is 1. The Kier molecular flexibility index (Phi) is 6.50. The van der Waals surface area contributed by atoms with E-state index in [1.165, 1.54) is 0 Å². The molecular formula is C14H23FN2S. The van der Waals surface area contributed by atoms with Crippen LogP contribution in [-0.4, -0.2) is 32.1 Å². The molecule has 0 aliphatic rings. The van der Waals surface area contributed by atoms with E-state index in [0.29, 0.717) is 5.69 Å². The normalized spacial score (nSPS) is 12.5.